The van der Waals surface area contributed by atoms with Gasteiger partial charge in [-0.2, -0.15) is 0 Å². The second-order valence-electron chi connectivity index (χ2n) is 9.41. The summed E-state index contributed by atoms with van der Waals surface area (Å²) in [6.07, 6.45) is 6.58. The minimum atomic E-state index is -0.691. The van der Waals surface area contributed by atoms with Crippen LogP contribution in [0.25, 0.3) is 5.69 Å². The van der Waals surface area contributed by atoms with Crippen LogP contribution in [0.4, 0.5) is 21.0 Å². The molecule has 0 aliphatic carbocycles. The van der Waals surface area contributed by atoms with Crippen LogP contribution >= 0.6 is 0 Å². The van der Waals surface area contributed by atoms with Crippen LogP contribution < -0.4 is 16.2 Å². The minimum absolute atomic E-state index is 0.00138. The fourth-order valence-electron chi connectivity index (χ4n) is 4.04. The molecule has 1 fully saturated rings. The zero-order valence-corrected chi connectivity index (χ0v) is 21.7. The monoisotopic (exact) mass is 527 g/mol. The summed E-state index contributed by atoms with van der Waals surface area (Å²) in [5.41, 5.74) is 2.06. The van der Waals surface area contributed by atoms with E-state index in [1.54, 1.807) is 66.9 Å². The number of anilines is 2. The van der Waals surface area contributed by atoms with Crippen molar-refractivity contribution in [2.45, 2.75) is 26.4 Å². The van der Waals surface area contributed by atoms with Gasteiger partial charge in [-0.25, -0.2) is 19.6 Å². The second kappa shape index (κ2) is 12.0. The van der Waals surface area contributed by atoms with Crippen molar-refractivity contribution in [3.8, 4) is 18.0 Å². The smallest absolute Gasteiger partial charge is 0.340 e. The number of nitrogens with zero attached hydrogens (tertiary/aromatic N) is 3. The third-order valence-corrected chi connectivity index (χ3v) is 5.91. The van der Waals surface area contributed by atoms with Gasteiger partial charge >= 0.3 is 18.0 Å². The van der Waals surface area contributed by atoms with Crippen LogP contribution in [0.5, 0.6) is 0 Å². The number of hydrogen-bond donors (Lipinski definition) is 2. The Balaban J connectivity index is 1.49. The van der Waals surface area contributed by atoms with E-state index in [0.717, 1.165) is 0 Å². The Labute approximate surface area is 226 Å². The highest BCUT2D eigenvalue weighted by molar-refractivity contribution is 5.94. The lowest BCUT2D eigenvalue weighted by Gasteiger charge is -2.27. The van der Waals surface area contributed by atoms with Crippen LogP contribution in [0.2, 0.25) is 0 Å². The molecule has 0 saturated carbocycles. The van der Waals surface area contributed by atoms with Gasteiger partial charge in [-0.15, -0.1) is 6.42 Å². The normalized spacial score (nSPS) is 14.6. The van der Waals surface area contributed by atoms with Crippen molar-refractivity contribution in [1.29, 1.82) is 0 Å². The molecule has 200 valence electrons. The summed E-state index contributed by atoms with van der Waals surface area (Å²) in [6.45, 7) is 3.80. The third-order valence-electron chi connectivity index (χ3n) is 5.91. The quantitative estimate of drug-likeness (QED) is 0.371. The fourth-order valence-corrected chi connectivity index (χ4v) is 4.04. The Morgan fingerprint density at radius 2 is 1.49 bits per heavy atom. The molecule has 39 heavy (non-hydrogen) atoms. The zero-order chi connectivity index (χ0) is 27.9. The number of nitrogens with one attached hydrogen (secondary N) is 2. The molecular weight excluding hydrogens is 498 g/mol. The van der Waals surface area contributed by atoms with E-state index in [0.29, 0.717) is 22.6 Å². The maximum absolute atomic E-state index is 13.3. The topological polar surface area (TPSA) is 113 Å². The summed E-state index contributed by atoms with van der Waals surface area (Å²) in [7, 11) is 0. The number of amides is 4. The first-order valence-corrected chi connectivity index (χ1v) is 12.4. The number of hydrogen-bond acceptors (Lipinski definition) is 5. The average Bonchev–Trinajstić information content (AvgIpc) is 3.33. The van der Waals surface area contributed by atoms with Gasteiger partial charge in [-0.3, -0.25) is 14.2 Å². The molecule has 2 heterocycles. The van der Waals surface area contributed by atoms with Gasteiger partial charge in [0.1, 0.15) is 6.10 Å². The summed E-state index contributed by atoms with van der Waals surface area (Å²) in [6, 6.07) is 17.1. The molecule has 1 atom stereocenters. The summed E-state index contributed by atoms with van der Waals surface area (Å²) in [5, 5.41) is 7.91. The van der Waals surface area contributed by atoms with Gasteiger partial charge < -0.3 is 15.4 Å². The minimum Gasteiger partial charge on any atom is -0.458 e. The predicted molar refractivity (Wildman–Crippen MR) is 147 cm³/mol. The number of aromatic nitrogens is 1. The zero-order valence-electron chi connectivity index (χ0n) is 21.7. The van der Waals surface area contributed by atoms with Crippen LogP contribution in [0, 0.1) is 18.3 Å². The van der Waals surface area contributed by atoms with Gasteiger partial charge in [-0.1, -0.05) is 25.8 Å². The molecule has 4 amide bonds. The molecule has 1 aromatic heterocycles. The van der Waals surface area contributed by atoms with Crippen molar-refractivity contribution in [2.24, 2.45) is 5.92 Å². The molecule has 1 aliphatic heterocycles. The molecule has 0 spiro atoms. The first kappa shape index (κ1) is 27.0. The maximum atomic E-state index is 13.3. The first-order valence-electron chi connectivity index (χ1n) is 12.4. The molecule has 2 aromatic carbocycles. The van der Waals surface area contributed by atoms with Crippen LogP contribution in [0.1, 0.15) is 25.8 Å². The summed E-state index contributed by atoms with van der Waals surface area (Å²) in [5.74, 6) is 2.23. The number of carbonyl (C=O) groups excluding carboxylic acids is 3. The van der Waals surface area contributed by atoms with E-state index in [1.165, 1.54) is 20.7 Å². The van der Waals surface area contributed by atoms with Crippen molar-refractivity contribution in [3.63, 3.8) is 0 Å². The number of esters is 1. The number of carbonyl (C=O) groups is 3. The second-order valence-corrected chi connectivity index (χ2v) is 9.41. The molecule has 10 nitrogen and oxygen atoms in total. The number of urea groups is 2. The van der Waals surface area contributed by atoms with E-state index in [2.05, 4.69) is 16.6 Å². The van der Waals surface area contributed by atoms with Gasteiger partial charge in [0.2, 0.25) is 0 Å². The molecule has 2 N–H and O–H groups in total. The van der Waals surface area contributed by atoms with E-state index in [4.69, 9.17) is 11.2 Å². The van der Waals surface area contributed by atoms with E-state index in [9.17, 15) is 19.2 Å². The largest absolute Gasteiger partial charge is 0.458 e. The summed E-state index contributed by atoms with van der Waals surface area (Å²) >= 11 is 0. The molecule has 1 saturated heterocycles. The lowest BCUT2D eigenvalue weighted by molar-refractivity contribution is -0.148. The highest BCUT2D eigenvalue weighted by Crippen LogP contribution is 2.20. The van der Waals surface area contributed by atoms with Crippen molar-refractivity contribution < 1.29 is 19.1 Å². The van der Waals surface area contributed by atoms with Gasteiger partial charge in [0.15, 0.2) is 0 Å². The molecule has 10 heteroatoms. The Morgan fingerprint density at radius 3 is 2.00 bits per heavy atom. The van der Waals surface area contributed by atoms with E-state index >= 15 is 0 Å². The molecule has 3 aromatic rings. The SMILES string of the molecule is C#Cc1ccc(NC(=O)N2CC(OC(=O)CC(C)C)CN2C(=O)Nc2ccc(-n3ccccc3=O)cc2)cc1. The Bertz CT molecular complexity index is 1440. The third kappa shape index (κ3) is 6.84. The lowest BCUT2D eigenvalue weighted by Crippen LogP contribution is -2.48. The lowest BCUT2D eigenvalue weighted by atomic mass is 10.1. The highest BCUT2D eigenvalue weighted by Gasteiger charge is 2.39. The van der Waals surface area contributed by atoms with Crippen molar-refractivity contribution >= 4 is 29.4 Å². The number of ether oxygens (including phenoxy) is 1. The van der Waals surface area contributed by atoms with Crippen LogP contribution in [0.15, 0.2) is 77.7 Å². The van der Waals surface area contributed by atoms with Crippen LogP contribution in [-0.4, -0.2) is 51.8 Å². The summed E-state index contributed by atoms with van der Waals surface area (Å²) in [4.78, 5) is 50.8. The predicted octanol–water partition coefficient (Wildman–Crippen LogP) is 4.07. The van der Waals surface area contributed by atoms with Crippen molar-refractivity contribution in [2.75, 3.05) is 23.7 Å². The van der Waals surface area contributed by atoms with Gasteiger partial charge in [-0.05, 0) is 60.5 Å². The van der Waals surface area contributed by atoms with Crippen LogP contribution in [-0.2, 0) is 9.53 Å². The Kier molecular flexibility index (Phi) is 8.31. The van der Waals surface area contributed by atoms with E-state index in [-0.39, 0.29) is 31.0 Å². The standard InChI is InChI=1S/C29H29N5O5/c1-4-21-8-10-22(11-9-21)30-28(37)33-18-25(39-27(36)17-20(2)3)19-34(33)29(38)31-23-12-14-24(15-13-23)32-16-6-5-7-26(32)35/h1,5-16,20,25H,17-19H2,2-3H3,(H,30,37)(H,31,38). The van der Waals surface area contributed by atoms with Gasteiger partial charge in [0.05, 0.1) is 13.1 Å². The highest BCUT2D eigenvalue weighted by atomic mass is 16.5. The number of pyridine rings is 1. The maximum Gasteiger partial charge on any atom is 0.340 e. The number of benzene rings is 2. The van der Waals surface area contributed by atoms with E-state index in [1.807, 2.05) is 13.8 Å². The molecule has 1 aliphatic rings. The molecular formula is C29H29N5O5. The fraction of sp³-hybridized carbons (Fsp3) is 0.241. The number of hydrazine groups is 1. The first-order chi connectivity index (χ1) is 18.7. The van der Waals surface area contributed by atoms with Crippen molar-refractivity contribution in [1.82, 2.24) is 14.6 Å². The summed E-state index contributed by atoms with van der Waals surface area (Å²) < 4.78 is 7.03. The molecule has 0 radical (unpaired) electrons. The van der Waals surface area contributed by atoms with Gasteiger partial charge in [0.25, 0.3) is 5.56 Å². The van der Waals surface area contributed by atoms with Gasteiger partial charge in [0, 0.05) is 41.3 Å². The number of rotatable bonds is 6. The van der Waals surface area contributed by atoms with Crippen LogP contribution in [0.3, 0.4) is 0 Å². The van der Waals surface area contributed by atoms with Crippen molar-refractivity contribution in [3.05, 3.63) is 88.8 Å². The Morgan fingerprint density at radius 1 is 0.923 bits per heavy atom. The Hall–Kier alpha value is -5.04. The molecule has 0 bridgehead atoms. The average molecular weight is 528 g/mol. The van der Waals surface area contributed by atoms with E-state index < -0.39 is 24.1 Å². The molecule has 4 rings (SSSR count). The molecule has 1 unspecified atom stereocenters. The number of terminal acetylenes is 1.